The molecule has 3 rings (SSSR count). The minimum absolute atomic E-state index is 0.0557. The number of aromatic amines is 1. The van der Waals surface area contributed by atoms with Gasteiger partial charge in [-0.15, -0.1) is 0 Å². The molecule has 6 heteroatoms. The summed E-state index contributed by atoms with van der Waals surface area (Å²) in [6.07, 6.45) is 2.12. The van der Waals surface area contributed by atoms with E-state index in [4.69, 9.17) is 4.74 Å². The average Bonchev–Trinajstić information content (AvgIpc) is 3.23. The van der Waals surface area contributed by atoms with Crippen molar-refractivity contribution in [2.45, 2.75) is 38.3 Å². The van der Waals surface area contributed by atoms with Crippen LogP contribution in [-0.2, 0) is 0 Å². The van der Waals surface area contributed by atoms with E-state index >= 15 is 0 Å². The van der Waals surface area contributed by atoms with E-state index in [1.54, 1.807) is 20.1 Å². The van der Waals surface area contributed by atoms with Gasteiger partial charge in [0.25, 0.3) is 5.91 Å². The van der Waals surface area contributed by atoms with Crippen LogP contribution in [0.2, 0.25) is 0 Å². The van der Waals surface area contributed by atoms with E-state index in [2.05, 4.69) is 10.2 Å². The van der Waals surface area contributed by atoms with Crippen molar-refractivity contribution in [3.05, 3.63) is 36.0 Å². The van der Waals surface area contributed by atoms with Gasteiger partial charge in [0, 0.05) is 18.2 Å². The SMILES string of the molecule is COc1cccc(-c2cc(C(=O)N3CCCC3CC(C)O)[nH]n2)c1. The first kappa shape index (κ1) is 16.5. The fourth-order valence-electron chi connectivity index (χ4n) is 3.26. The number of aromatic nitrogens is 2. The number of ether oxygens (including phenoxy) is 1. The summed E-state index contributed by atoms with van der Waals surface area (Å²) in [6, 6.07) is 9.45. The second kappa shape index (κ2) is 7.05. The summed E-state index contributed by atoms with van der Waals surface area (Å²) in [5, 5.41) is 16.7. The zero-order valence-corrected chi connectivity index (χ0v) is 14.0. The summed E-state index contributed by atoms with van der Waals surface area (Å²) >= 11 is 0. The Morgan fingerprint density at radius 2 is 2.33 bits per heavy atom. The van der Waals surface area contributed by atoms with Crippen LogP contribution in [0.25, 0.3) is 11.3 Å². The molecule has 0 aliphatic carbocycles. The van der Waals surface area contributed by atoms with Crippen LogP contribution >= 0.6 is 0 Å². The largest absolute Gasteiger partial charge is 0.497 e. The standard InChI is InChI=1S/C18H23N3O3/c1-12(22)9-14-6-4-8-21(14)18(23)17-11-16(19-20-17)13-5-3-7-15(10-13)24-2/h3,5,7,10-12,14,22H,4,6,8-9H2,1-2H3,(H,19,20). The molecule has 24 heavy (non-hydrogen) atoms. The van der Waals surface area contributed by atoms with Gasteiger partial charge in [-0.1, -0.05) is 12.1 Å². The fourth-order valence-corrected chi connectivity index (χ4v) is 3.26. The second-order valence-corrected chi connectivity index (χ2v) is 6.28. The lowest BCUT2D eigenvalue weighted by Gasteiger charge is -2.25. The number of hydrogen-bond acceptors (Lipinski definition) is 4. The number of H-pyrrole nitrogens is 1. The van der Waals surface area contributed by atoms with Crippen LogP contribution in [0.3, 0.4) is 0 Å². The lowest BCUT2D eigenvalue weighted by atomic mass is 10.1. The van der Waals surface area contributed by atoms with Crippen LogP contribution < -0.4 is 4.74 Å². The van der Waals surface area contributed by atoms with Crippen molar-refractivity contribution in [3.63, 3.8) is 0 Å². The third kappa shape index (κ3) is 3.43. The van der Waals surface area contributed by atoms with E-state index in [-0.39, 0.29) is 11.9 Å². The van der Waals surface area contributed by atoms with Gasteiger partial charge < -0.3 is 14.7 Å². The number of nitrogens with one attached hydrogen (secondary N) is 1. The number of benzene rings is 1. The predicted octanol–water partition coefficient (Wildman–Crippen LogP) is 2.46. The number of aliphatic hydroxyl groups is 1. The maximum atomic E-state index is 12.8. The first-order valence-electron chi connectivity index (χ1n) is 8.27. The van der Waals surface area contributed by atoms with E-state index in [1.165, 1.54) is 0 Å². The molecule has 1 aromatic heterocycles. The summed E-state index contributed by atoms with van der Waals surface area (Å²) < 4.78 is 5.23. The van der Waals surface area contributed by atoms with Crippen molar-refractivity contribution < 1.29 is 14.6 Å². The molecule has 1 saturated heterocycles. The van der Waals surface area contributed by atoms with Gasteiger partial charge in [-0.3, -0.25) is 9.89 Å². The van der Waals surface area contributed by atoms with E-state index in [0.717, 1.165) is 30.7 Å². The Morgan fingerprint density at radius 1 is 1.50 bits per heavy atom. The molecule has 1 aliphatic heterocycles. The number of carbonyl (C=O) groups excluding carboxylic acids is 1. The maximum Gasteiger partial charge on any atom is 0.272 e. The third-order valence-electron chi connectivity index (χ3n) is 4.42. The maximum absolute atomic E-state index is 12.8. The van der Waals surface area contributed by atoms with Crippen LogP contribution in [0.5, 0.6) is 5.75 Å². The Hall–Kier alpha value is -2.34. The van der Waals surface area contributed by atoms with Gasteiger partial charge >= 0.3 is 0 Å². The van der Waals surface area contributed by atoms with E-state index < -0.39 is 6.10 Å². The molecule has 2 aromatic rings. The van der Waals surface area contributed by atoms with Gasteiger partial charge in [-0.2, -0.15) is 5.10 Å². The Balaban J connectivity index is 1.78. The van der Waals surface area contributed by atoms with Crippen molar-refractivity contribution in [3.8, 4) is 17.0 Å². The summed E-state index contributed by atoms with van der Waals surface area (Å²) in [5.41, 5.74) is 2.08. The second-order valence-electron chi connectivity index (χ2n) is 6.28. The molecule has 0 bridgehead atoms. The number of hydrogen-bond donors (Lipinski definition) is 2. The molecular formula is C18H23N3O3. The molecule has 6 nitrogen and oxygen atoms in total. The molecule has 0 radical (unpaired) electrons. The van der Waals surface area contributed by atoms with Gasteiger partial charge in [-0.25, -0.2) is 0 Å². The molecule has 128 valence electrons. The zero-order valence-electron chi connectivity index (χ0n) is 14.0. The number of amides is 1. The monoisotopic (exact) mass is 329 g/mol. The molecule has 2 unspecified atom stereocenters. The molecule has 1 aliphatic rings. The average molecular weight is 329 g/mol. The van der Waals surface area contributed by atoms with Crippen molar-refractivity contribution in [2.24, 2.45) is 0 Å². The minimum atomic E-state index is -0.405. The molecule has 2 atom stereocenters. The predicted molar refractivity (Wildman–Crippen MR) is 90.9 cm³/mol. The lowest BCUT2D eigenvalue weighted by molar-refractivity contribution is 0.0676. The Labute approximate surface area is 141 Å². The topological polar surface area (TPSA) is 78.5 Å². The number of carbonyl (C=O) groups is 1. The summed E-state index contributed by atoms with van der Waals surface area (Å²) in [5.74, 6) is 0.694. The third-order valence-corrected chi connectivity index (χ3v) is 4.42. The van der Waals surface area contributed by atoms with Gasteiger partial charge in [0.15, 0.2) is 0 Å². The fraction of sp³-hybridized carbons (Fsp3) is 0.444. The summed E-state index contributed by atoms with van der Waals surface area (Å²) in [6.45, 7) is 2.49. The molecule has 0 spiro atoms. The van der Waals surface area contributed by atoms with Crippen LogP contribution in [0.15, 0.2) is 30.3 Å². The van der Waals surface area contributed by atoms with Crippen molar-refractivity contribution in [2.75, 3.05) is 13.7 Å². The van der Waals surface area contributed by atoms with Crippen molar-refractivity contribution >= 4 is 5.91 Å². The number of rotatable bonds is 5. The van der Waals surface area contributed by atoms with E-state index in [0.29, 0.717) is 17.8 Å². The molecule has 2 heterocycles. The first-order valence-corrected chi connectivity index (χ1v) is 8.27. The minimum Gasteiger partial charge on any atom is -0.497 e. The van der Waals surface area contributed by atoms with E-state index in [9.17, 15) is 9.90 Å². The van der Waals surface area contributed by atoms with Crippen LogP contribution in [0, 0.1) is 0 Å². The molecule has 1 amide bonds. The van der Waals surface area contributed by atoms with Crippen LogP contribution in [0.1, 0.15) is 36.7 Å². The quantitative estimate of drug-likeness (QED) is 0.883. The van der Waals surface area contributed by atoms with Gasteiger partial charge in [0.1, 0.15) is 11.4 Å². The van der Waals surface area contributed by atoms with Gasteiger partial charge in [-0.05, 0) is 44.4 Å². The van der Waals surface area contributed by atoms with Crippen molar-refractivity contribution in [1.29, 1.82) is 0 Å². The van der Waals surface area contributed by atoms with Gasteiger partial charge in [0.05, 0.1) is 18.9 Å². The molecule has 1 fully saturated rings. The number of nitrogens with zero attached hydrogens (tertiary/aromatic N) is 2. The highest BCUT2D eigenvalue weighted by atomic mass is 16.5. The Morgan fingerprint density at radius 3 is 3.08 bits per heavy atom. The Kier molecular flexibility index (Phi) is 4.85. The normalized spacial score (nSPS) is 18.6. The summed E-state index contributed by atoms with van der Waals surface area (Å²) in [7, 11) is 1.62. The molecule has 1 aromatic carbocycles. The smallest absolute Gasteiger partial charge is 0.272 e. The highest BCUT2D eigenvalue weighted by molar-refractivity contribution is 5.93. The molecular weight excluding hydrogens is 306 g/mol. The Bertz CT molecular complexity index is 711. The summed E-state index contributed by atoms with van der Waals surface area (Å²) in [4.78, 5) is 14.6. The number of aliphatic hydroxyl groups excluding tert-OH is 1. The van der Waals surface area contributed by atoms with Crippen LogP contribution in [-0.4, -0.2) is 51.9 Å². The van der Waals surface area contributed by atoms with Crippen molar-refractivity contribution in [1.82, 2.24) is 15.1 Å². The lowest BCUT2D eigenvalue weighted by Crippen LogP contribution is -2.37. The van der Waals surface area contributed by atoms with Gasteiger partial charge in [0.2, 0.25) is 0 Å². The highest BCUT2D eigenvalue weighted by Gasteiger charge is 2.31. The number of methoxy groups -OCH3 is 1. The highest BCUT2D eigenvalue weighted by Crippen LogP contribution is 2.26. The zero-order chi connectivity index (χ0) is 17.1. The molecule has 2 N–H and O–H groups in total. The first-order chi connectivity index (χ1) is 11.6. The van der Waals surface area contributed by atoms with E-state index in [1.807, 2.05) is 29.2 Å². The molecule has 0 saturated carbocycles. The number of likely N-dealkylation sites (tertiary alicyclic amines) is 1. The van der Waals surface area contributed by atoms with Crippen LogP contribution in [0.4, 0.5) is 0 Å².